The Morgan fingerprint density at radius 3 is 2.46 bits per heavy atom. The number of rotatable bonds is 5. The van der Waals surface area contributed by atoms with Crippen LogP contribution in [-0.4, -0.2) is 90.7 Å². The third-order valence-corrected chi connectivity index (χ3v) is 6.37. The van der Waals surface area contributed by atoms with Crippen LogP contribution in [0.25, 0.3) is 0 Å². The summed E-state index contributed by atoms with van der Waals surface area (Å²) < 4.78 is 5.21. The second kappa shape index (κ2) is 7.36. The molecule has 0 bridgehead atoms. The number of hydrogen-bond acceptors (Lipinski definition) is 6. The Kier molecular flexibility index (Phi) is 4.95. The number of hydrogen-bond donors (Lipinski definition) is 0. The highest BCUT2D eigenvalue weighted by Crippen LogP contribution is 2.29. The second-order valence-electron chi connectivity index (χ2n) is 6.78. The molecular formula is C18H24N4O3S. The highest BCUT2D eigenvalue weighted by Gasteiger charge is 2.47. The van der Waals surface area contributed by atoms with Crippen LogP contribution in [0, 0.1) is 0 Å². The minimum absolute atomic E-state index is 0.0168. The predicted octanol–water partition coefficient (Wildman–Crippen LogP) is 1.15. The van der Waals surface area contributed by atoms with Crippen molar-refractivity contribution in [2.24, 2.45) is 0 Å². The molecule has 3 fully saturated rings. The van der Waals surface area contributed by atoms with E-state index in [-0.39, 0.29) is 18.0 Å². The number of urea groups is 1. The summed E-state index contributed by atoms with van der Waals surface area (Å²) in [5, 5.41) is 0. The van der Waals surface area contributed by atoms with E-state index in [2.05, 4.69) is 21.9 Å². The van der Waals surface area contributed by atoms with Crippen LogP contribution in [0.4, 0.5) is 10.5 Å². The van der Waals surface area contributed by atoms with Crippen molar-refractivity contribution in [2.45, 2.75) is 6.04 Å². The van der Waals surface area contributed by atoms with Gasteiger partial charge in [-0.1, -0.05) is 0 Å². The SMILES string of the molecule is COc1ccc(N2CCN(CCN3C(=O)C4CSCN4C3=O)CC2)cc1. The van der Waals surface area contributed by atoms with E-state index < -0.39 is 0 Å². The Morgan fingerprint density at radius 2 is 1.81 bits per heavy atom. The summed E-state index contributed by atoms with van der Waals surface area (Å²) in [5.41, 5.74) is 1.20. The number of thioether (sulfide) groups is 1. The molecule has 3 aliphatic rings. The van der Waals surface area contributed by atoms with Crippen LogP contribution in [0.3, 0.4) is 0 Å². The highest BCUT2D eigenvalue weighted by atomic mass is 32.2. The average molecular weight is 376 g/mol. The van der Waals surface area contributed by atoms with Gasteiger partial charge < -0.3 is 14.5 Å². The van der Waals surface area contributed by atoms with Crippen molar-refractivity contribution in [3.63, 3.8) is 0 Å². The summed E-state index contributed by atoms with van der Waals surface area (Å²) in [5.74, 6) is 2.23. The molecule has 0 spiro atoms. The molecule has 0 radical (unpaired) electrons. The maximum atomic E-state index is 12.4. The molecule has 8 heteroatoms. The number of methoxy groups -OCH3 is 1. The Bertz CT molecular complexity index is 654. The van der Waals surface area contributed by atoms with Gasteiger partial charge in [-0.05, 0) is 24.3 Å². The summed E-state index contributed by atoms with van der Waals surface area (Å²) in [6, 6.07) is 7.80. The molecule has 1 unspecified atom stereocenters. The molecule has 4 rings (SSSR count). The number of nitrogens with zero attached hydrogens (tertiary/aromatic N) is 4. The van der Waals surface area contributed by atoms with E-state index in [9.17, 15) is 9.59 Å². The van der Waals surface area contributed by atoms with E-state index in [1.807, 2.05) is 12.1 Å². The van der Waals surface area contributed by atoms with Crippen LogP contribution >= 0.6 is 11.8 Å². The molecule has 3 saturated heterocycles. The van der Waals surface area contributed by atoms with Gasteiger partial charge in [-0.2, -0.15) is 0 Å². The zero-order valence-corrected chi connectivity index (χ0v) is 15.8. The fourth-order valence-corrected chi connectivity index (χ4v) is 4.87. The van der Waals surface area contributed by atoms with Crippen LogP contribution in [0.2, 0.25) is 0 Å². The van der Waals surface area contributed by atoms with Crippen molar-refractivity contribution in [1.29, 1.82) is 0 Å². The molecule has 7 nitrogen and oxygen atoms in total. The summed E-state index contributed by atoms with van der Waals surface area (Å²) >= 11 is 1.66. The lowest BCUT2D eigenvalue weighted by Gasteiger charge is -2.36. The molecule has 1 aromatic carbocycles. The zero-order chi connectivity index (χ0) is 18.1. The van der Waals surface area contributed by atoms with E-state index in [4.69, 9.17) is 4.74 Å². The van der Waals surface area contributed by atoms with Crippen molar-refractivity contribution in [2.75, 3.05) is 62.9 Å². The molecule has 140 valence electrons. The number of anilines is 1. The van der Waals surface area contributed by atoms with E-state index >= 15 is 0 Å². The van der Waals surface area contributed by atoms with Gasteiger partial charge in [0.05, 0.1) is 13.0 Å². The Hall–Kier alpha value is -1.93. The fourth-order valence-electron chi connectivity index (χ4n) is 3.73. The standard InChI is InChI=1S/C18H24N4O3S/c1-25-15-4-2-14(3-5-15)20-9-6-19(7-10-20)8-11-21-17(23)16-12-26-13-22(16)18(21)24/h2-5,16H,6-13H2,1H3. The molecule has 1 aromatic rings. The third-order valence-electron chi connectivity index (χ3n) is 5.36. The van der Waals surface area contributed by atoms with Crippen molar-refractivity contribution in [3.05, 3.63) is 24.3 Å². The van der Waals surface area contributed by atoms with Crippen LogP contribution in [0.1, 0.15) is 0 Å². The van der Waals surface area contributed by atoms with Gasteiger partial charge in [0.1, 0.15) is 11.8 Å². The Labute approximate surface area is 157 Å². The normalized spacial score (nSPS) is 23.7. The minimum Gasteiger partial charge on any atom is -0.497 e. The smallest absolute Gasteiger partial charge is 0.328 e. The summed E-state index contributed by atoms with van der Waals surface area (Å²) in [6.45, 7) is 5.01. The molecular weight excluding hydrogens is 352 g/mol. The molecule has 0 aliphatic carbocycles. The summed E-state index contributed by atoms with van der Waals surface area (Å²) in [7, 11) is 1.67. The molecule has 3 aliphatic heterocycles. The fraction of sp³-hybridized carbons (Fsp3) is 0.556. The van der Waals surface area contributed by atoms with Gasteiger partial charge in [0.25, 0.3) is 5.91 Å². The van der Waals surface area contributed by atoms with E-state index in [1.54, 1.807) is 23.8 Å². The van der Waals surface area contributed by atoms with E-state index in [1.165, 1.54) is 10.6 Å². The third kappa shape index (κ3) is 3.23. The van der Waals surface area contributed by atoms with Crippen molar-refractivity contribution >= 4 is 29.4 Å². The van der Waals surface area contributed by atoms with E-state index in [0.717, 1.165) is 44.2 Å². The quantitative estimate of drug-likeness (QED) is 0.719. The van der Waals surface area contributed by atoms with Gasteiger partial charge in [0.2, 0.25) is 0 Å². The lowest BCUT2D eigenvalue weighted by Crippen LogP contribution is -2.49. The lowest BCUT2D eigenvalue weighted by molar-refractivity contribution is -0.127. The van der Waals surface area contributed by atoms with Crippen LogP contribution in [-0.2, 0) is 4.79 Å². The van der Waals surface area contributed by atoms with Gasteiger partial charge in [0.15, 0.2) is 0 Å². The molecule has 0 N–H and O–H groups in total. The Morgan fingerprint density at radius 1 is 1.08 bits per heavy atom. The van der Waals surface area contributed by atoms with Crippen LogP contribution in [0.15, 0.2) is 24.3 Å². The number of fused-ring (bicyclic) bond motifs is 1. The second-order valence-corrected chi connectivity index (χ2v) is 7.78. The molecule has 0 saturated carbocycles. The largest absolute Gasteiger partial charge is 0.497 e. The average Bonchev–Trinajstić information content (AvgIpc) is 3.25. The van der Waals surface area contributed by atoms with Crippen molar-refractivity contribution in [3.8, 4) is 5.75 Å². The minimum atomic E-state index is -0.223. The summed E-state index contributed by atoms with van der Waals surface area (Å²) in [4.78, 5) is 32.5. The first kappa shape index (κ1) is 17.5. The van der Waals surface area contributed by atoms with Gasteiger partial charge in [-0.25, -0.2) is 4.79 Å². The number of carbonyl (C=O) groups is 2. The maximum Gasteiger partial charge on any atom is 0.328 e. The van der Waals surface area contributed by atoms with Gasteiger partial charge >= 0.3 is 6.03 Å². The summed E-state index contributed by atoms with van der Waals surface area (Å²) in [6.07, 6.45) is 0. The number of amides is 3. The van der Waals surface area contributed by atoms with Gasteiger partial charge in [-0.15, -0.1) is 11.8 Å². The molecule has 26 heavy (non-hydrogen) atoms. The lowest BCUT2D eigenvalue weighted by atomic mass is 10.2. The molecule has 0 aromatic heterocycles. The van der Waals surface area contributed by atoms with Gasteiger partial charge in [-0.3, -0.25) is 14.6 Å². The number of carbonyl (C=O) groups excluding carboxylic acids is 2. The van der Waals surface area contributed by atoms with Crippen molar-refractivity contribution < 1.29 is 14.3 Å². The molecule has 3 amide bonds. The maximum absolute atomic E-state index is 12.4. The first-order valence-corrected chi connectivity index (χ1v) is 10.1. The zero-order valence-electron chi connectivity index (χ0n) is 15.0. The number of imide groups is 1. The molecule has 1 atom stereocenters. The number of ether oxygens (including phenoxy) is 1. The Balaban J connectivity index is 1.26. The predicted molar refractivity (Wildman–Crippen MR) is 102 cm³/mol. The highest BCUT2D eigenvalue weighted by molar-refractivity contribution is 7.99. The van der Waals surface area contributed by atoms with Gasteiger partial charge in [0, 0.05) is 50.7 Å². The first-order chi connectivity index (χ1) is 12.7. The van der Waals surface area contributed by atoms with Crippen molar-refractivity contribution in [1.82, 2.24) is 14.7 Å². The van der Waals surface area contributed by atoms with Crippen LogP contribution in [0.5, 0.6) is 5.75 Å². The van der Waals surface area contributed by atoms with Crippen LogP contribution < -0.4 is 9.64 Å². The first-order valence-electron chi connectivity index (χ1n) is 8.98. The monoisotopic (exact) mass is 376 g/mol. The number of piperazine rings is 1. The number of benzene rings is 1. The topological polar surface area (TPSA) is 56.3 Å². The van der Waals surface area contributed by atoms with E-state index in [0.29, 0.717) is 12.4 Å². The molecule has 3 heterocycles.